The Labute approximate surface area is 190 Å². The normalized spacial score (nSPS) is 15.7. The zero-order valence-electron chi connectivity index (χ0n) is 17.6. The molecule has 0 fully saturated rings. The molecule has 6 nitrogen and oxygen atoms in total. The molecule has 0 saturated heterocycles. The fraction of sp³-hybridized carbons (Fsp3) is 0.0370. The highest BCUT2D eigenvalue weighted by molar-refractivity contribution is 6.03. The van der Waals surface area contributed by atoms with Crippen LogP contribution in [0.5, 0.6) is 0 Å². The van der Waals surface area contributed by atoms with Crippen molar-refractivity contribution >= 4 is 39.6 Å². The van der Waals surface area contributed by atoms with Crippen molar-refractivity contribution in [3.63, 3.8) is 0 Å². The van der Waals surface area contributed by atoms with E-state index in [0.717, 1.165) is 38.6 Å². The molecular weight excluding hydrogens is 410 g/mol. The number of benzene rings is 3. The number of hydrogen-bond acceptors (Lipinski definition) is 5. The summed E-state index contributed by atoms with van der Waals surface area (Å²) >= 11 is 0. The minimum Gasteiger partial charge on any atom is -0.359 e. The van der Waals surface area contributed by atoms with Crippen molar-refractivity contribution in [2.24, 2.45) is 5.10 Å². The molecular formula is C27H19N5O. The van der Waals surface area contributed by atoms with Crippen molar-refractivity contribution in [1.29, 1.82) is 0 Å². The number of rotatable bonds is 3. The molecule has 0 spiro atoms. The Morgan fingerprint density at radius 3 is 2.33 bits per heavy atom. The highest BCUT2D eigenvalue weighted by Crippen LogP contribution is 2.35. The maximum Gasteiger partial charge on any atom is 0.278 e. The molecule has 6 rings (SSSR count). The molecule has 0 aliphatic carbocycles. The molecule has 1 aliphatic heterocycles. The van der Waals surface area contributed by atoms with Crippen molar-refractivity contribution in [2.45, 2.75) is 6.17 Å². The lowest BCUT2D eigenvalue weighted by atomic mass is 10.0. The van der Waals surface area contributed by atoms with Crippen LogP contribution in [0.2, 0.25) is 0 Å². The van der Waals surface area contributed by atoms with Crippen molar-refractivity contribution in [2.75, 3.05) is 5.32 Å². The standard InChI is InChI=1S/C27H19N5O/c33-27-21-12-1-2-14-23(21)31-26(22-13-4-8-19-11-6-16-29-25(19)22)32(27)30-17-20-9-3-7-18-10-5-15-28-24(18)20/h1-17,26,31H/b30-17-/t26-/m1/s1. The van der Waals surface area contributed by atoms with E-state index in [1.165, 1.54) is 5.01 Å². The van der Waals surface area contributed by atoms with Gasteiger partial charge < -0.3 is 5.32 Å². The van der Waals surface area contributed by atoms with Gasteiger partial charge in [0.1, 0.15) is 0 Å². The highest BCUT2D eigenvalue weighted by Gasteiger charge is 2.34. The second-order valence-corrected chi connectivity index (χ2v) is 7.83. The second-order valence-electron chi connectivity index (χ2n) is 7.83. The van der Waals surface area contributed by atoms with Gasteiger partial charge in [-0.05, 0) is 24.3 Å². The third-order valence-electron chi connectivity index (χ3n) is 5.85. The molecule has 6 heteroatoms. The highest BCUT2D eigenvalue weighted by atomic mass is 16.2. The number of anilines is 1. The third kappa shape index (κ3) is 3.29. The summed E-state index contributed by atoms with van der Waals surface area (Å²) in [5.74, 6) is -0.174. The van der Waals surface area contributed by atoms with E-state index in [-0.39, 0.29) is 5.91 Å². The minimum absolute atomic E-state index is 0.174. The molecule has 0 bridgehead atoms. The van der Waals surface area contributed by atoms with E-state index in [0.29, 0.717) is 5.56 Å². The van der Waals surface area contributed by atoms with Crippen LogP contribution in [0.4, 0.5) is 5.69 Å². The van der Waals surface area contributed by atoms with Gasteiger partial charge >= 0.3 is 0 Å². The molecule has 0 saturated carbocycles. The van der Waals surface area contributed by atoms with Gasteiger partial charge in [0.05, 0.1) is 22.8 Å². The first-order valence-electron chi connectivity index (χ1n) is 10.7. The Hall–Kier alpha value is -4.58. The lowest BCUT2D eigenvalue weighted by Gasteiger charge is -2.34. The summed E-state index contributed by atoms with van der Waals surface area (Å²) in [5, 5.41) is 11.7. The van der Waals surface area contributed by atoms with Crippen molar-refractivity contribution in [1.82, 2.24) is 15.0 Å². The zero-order valence-corrected chi connectivity index (χ0v) is 17.6. The number of carbonyl (C=O) groups is 1. The molecule has 3 aromatic carbocycles. The molecule has 3 heterocycles. The van der Waals surface area contributed by atoms with Gasteiger partial charge in [0.25, 0.3) is 5.91 Å². The van der Waals surface area contributed by atoms with Gasteiger partial charge in [0, 0.05) is 40.0 Å². The molecule has 2 aromatic heterocycles. The number of nitrogens with one attached hydrogen (secondary N) is 1. The van der Waals surface area contributed by atoms with E-state index in [1.54, 1.807) is 18.6 Å². The summed E-state index contributed by atoms with van der Waals surface area (Å²) in [6.07, 6.45) is 4.72. The van der Waals surface area contributed by atoms with Gasteiger partial charge in [-0.15, -0.1) is 0 Å². The molecule has 1 amide bonds. The summed E-state index contributed by atoms with van der Waals surface area (Å²) in [5.41, 5.74) is 4.74. The van der Waals surface area contributed by atoms with Crippen LogP contribution in [0.15, 0.2) is 102 Å². The van der Waals surface area contributed by atoms with Crippen LogP contribution in [0.3, 0.4) is 0 Å². The van der Waals surface area contributed by atoms with E-state index < -0.39 is 6.17 Å². The number of hydrazone groups is 1. The van der Waals surface area contributed by atoms with Crippen LogP contribution >= 0.6 is 0 Å². The van der Waals surface area contributed by atoms with E-state index in [1.807, 2.05) is 84.9 Å². The lowest BCUT2D eigenvalue weighted by molar-refractivity contribution is 0.0692. The van der Waals surface area contributed by atoms with E-state index in [2.05, 4.69) is 20.4 Å². The largest absolute Gasteiger partial charge is 0.359 e. The number of fused-ring (bicyclic) bond motifs is 3. The zero-order chi connectivity index (χ0) is 22.2. The number of para-hydroxylation sites is 3. The fourth-order valence-corrected chi connectivity index (χ4v) is 4.28. The van der Waals surface area contributed by atoms with E-state index >= 15 is 0 Å². The molecule has 1 aliphatic rings. The molecule has 0 unspecified atom stereocenters. The average molecular weight is 429 g/mol. The average Bonchev–Trinajstić information content (AvgIpc) is 2.88. The number of aromatic nitrogens is 2. The summed E-state index contributed by atoms with van der Waals surface area (Å²) in [6.45, 7) is 0. The number of carbonyl (C=O) groups excluding carboxylic acids is 1. The SMILES string of the molecule is O=C1c2ccccc2N[C@@H](c2cccc3cccnc23)N1/N=C\c1cccc2cccnc12. The molecule has 0 radical (unpaired) electrons. The third-order valence-corrected chi connectivity index (χ3v) is 5.85. The van der Waals surface area contributed by atoms with Gasteiger partial charge in [-0.3, -0.25) is 14.8 Å². The molecule has 5 aromatic rings. The van der Waals surface area contributed by atoms with Gasteiger partial charge in [0.15, 0.2) is 6.17 Å². The van der Waals surface area contributed by atoms with Crippen LogP contribution in [-0.2, 0) is 0 Å². The molecule has 33 heavy (non-hydrogen) atoms. The van der Waals surface area contributed by atoms with Gasteiger partial charge in [0.2, 0.25) is 0 Å². The van der Waals surface area contributed by atoms with Crippen molar-refractivity contribution in [3.8, 4) is 0 Å². The Kier molecular flexibility index (Phi) is 4.54. The van der Waals surface area contributed by atoms with Crippen LogP contribution in [0.25, 0.3) is 21.8 Å². The Balaban J connectivity index is 1.50. The predicted octanol–water partition coefficient (Wildman–Crippen LogP) is 5.38. The Morgan fingerprint density at radius 1 is 0.788 bits per heavy atom. The topological polar surface area (TPSA) is 70.5 Å². The maximum absolute atomic E-state index is 13.6. The van der Waals surface area contributed by atoms with Crippen LogP contribution in [0.1, 0.15) is 27.7 Å². The number of hydrogen-bond donors (Lipinski definition) is 1. The van der Waals surface area contributed by atoms with Crippen LogP contribution in [0, 0.1) is 0 Å². The first-order valence-corrected chi connectivity index (χ1v) is 10.7. The molecule has 1 N–H and O–H groups in total. The number of pyridine rings is 2. The van der Waals surface area contributed by atoms with E-state index in [9.17, 15) is 4.79 Å². The lowest BCUT2D eigenvalue weighted by Crippen LogP contribution is -2.39. The van der Waals surface area contributed by atoms with Gasteiger partial charge in [-0.2, -0.15) is 5.10 Å². The van der Waals surface area contributed by atoms with Crippen LogP contribution < -0.4 is 5.32 Å². The summed E-state index contributed by atoms with van der Waals surface area (Å²) < 4.78 is 0. The summed E-state index contributed by atoms with van der Waals surface area (Å²) in [4.78, 5) is 22.6. The summed E-state index contributed by atoms with van der Waals surface area (Å²) in [6, 6.07) is 27.2. The quantitative estimate of drug-likeness (QED) is 0.391. The fourth-order valence-electron chi connectivity index (χ4n) is 4.28. The molecule has 1 atom stereocenters. The van der Waals surface area contributed by atoms with Gasteiger partial charge in [-0.25, -0.2) is 5.01 Å². The monoisotopic (exact) mass is 429 g/mol. The first-order chi connectivity index (χ1) is 16.3. The van der Waals surface area contributed by atoms with Crippen molar-refractivity contribution < 1.29 is 4.79 Å². The van der Waals surface area contributed by atoms with Crippen LogP contribution in [-0.4, -0.2) is 27.1 Å². The second kappa shape index (κ2) is 7.84. The minimum atomic E-state index is -0.509. The predicted molar refractivity (Wildman–Crippen MR) is 130 cm³/mol. The maximum atomic E-state index is 13.6. The smallest absolute Gasteiger partial charge is 0.278 e. The Bertz CT molecular complexity index is 1530. The van der Waals surface area contributed by atoms with Gasteiger partial charge in [-0.1, -0.05) is 60.7 Å². The number of amides is 1. The first kappa shape index (κ1) is 19.1. The summed E-state index contributed by atoms with van der Waals surface area (Å²) in [7, 11) is 0. The van der Waals surface area contributed by atoms with E-state index in [4.69, 9.17) is 0 Å². The number of nitrogens with zero attached hydrogens (tertiary/aromatic N) is 4. The van der Waals surface area contributed by atoms with Crippen molar-refractivity contribution in [3.05, 3.63) is 114 Å². The Morgan fingerprint density at radius 2 is 1.48 bits per heavy atom. The molecule has 158 valence electrons.